The van der Waals surface area contributed by atoms with E-state index in [1.807, 2.05) is 24.3 Å². The number of anilines is 2. The SMILES string of the molecule is Nc1nnc(-c2ccncc2)s1.Nc1nnc(-c2ccncc2)s1. The van der Waals surface area contributed by atoms with E-state index in [0.29, 0.717) is 10.3 Å². The molecule has 10 heteroatoms. The Kier molecular flexibility index (Phi) is 4.99. The smallest absolute Gasteiger partial charge is 0.203 e. The molecule has 4 heterocycles. The molecule has 0 bridgehead atoms. The van der Waals surface area contributed by atoms with Gasteiger partial charge in [0.05, 0.1) is 0 Å². The number of nitrogens with two attached hydrogens (primary N) is 2. The maximum atomic E-state index is 5.45. The van der Waals surface area contributed by atoms with Crippen LogP contribution in [0.2, 0.25) is 0 Å². The molecule has 0 saturated carbocycles. The van der Waals surface area contributed by atoms with Crippen molar-refractivity contribution in [3.8, 4) is 21.1 Å². The predicted molar refractivity (Wildman–Crippen MR) is 95.1 cm³/mol. The van der Waals surface area contributed by atoms with Crippen LogP contribution in [-0.4, -0.2) is 30.4 Å². The van der Waals surface area contributed by atoms with Crippen molar-refractivity contribution in [3.05, 3.63) is 49.1 Å². The van der Waals surface area contributed by atoms with Gasteiger partial charge in [0.25, 0.3) is 0 Å². The van der Waals surface area contributed by atoms with Gasteiger partial charge in [0.2, 0.25) is 10.3 Å². The molecule has 0 aliphatic rings. The molecular weight excluding hydrogens is 344 g/mol. The number of hydrogen-bond donors (Lipinski definition) is 2. The molecule has 4 N–H and O–H groups in total. The number of nitrogen functional groups attached to an aromatic ring is 2. The first-order valence-electron chi connectivity index (χ1n) is 6.71. The molecule has 0 radical (unpaired) electrons. The Morgan fingerprint density at radius 3 is 1.25 bits per heavy atom. The Labute approximate surface area is 145 Å². The van der Waals surface area contributed by atoms with Gasteiger partial charge in [-0.25, -0.2) is 0 Å². The van der Waals surface area contributed by atoms with Crippen LogP contribution in [0.15, 0.2) is 49.1 Å². The van der Waals surface area contributed by atoms with Crippen LogP contribution in [0.3, 0.4) is 0 Å². The third-order valence-corrected chi connectivity index (χ3v) is 4.34. The summed E-state index contributed by atoms with van der Waals surface area (Å²) in [6.07, 6.45) is 6.86. The Morgan fingerprint density at radius 1 is 0.583 bits per heavy atom. The highest BCUT2D eigenvalue weighted by Gasteiger charge is 2.03. The standard InChI is InChI=1S/2C7H6N4S/c2*8-7-11-10-6(12-7)5-1-3-9-4-2-5/h2*1-4H,(H2,8,11). The lowest BCUT2D eigenvalue weighted by atomic mass is 10.3. The molecular formula is C14H12N8S2. The third-order valence-electron chi connectivity index (χ3n) is 2.74. The van der Waals surface area contributed by atoms with Gasteiger partial charge in [-0.15, -0.1) is 20.4 Å². The summed E-state index contributed by atoms with van der Waals surface area (Å²) in [4.78, 5) is 7.81. The van der Waals surface area contributed by atoms with Gasteiger partial charge in [-0.05, 0) is 24.3 Å². The average Bonchev–Trinajstić information content (AvgIpc) is 3.26. The molecule has 4 rings (SSSR count). The summed E-state index contributed by atoms with van der Waals surface area (Å²) >= 11 is 2.74. The lowest BCUT2D eigenvalue weighted by molar-refractivity contribution is 1.10. The monoisotopic (exact) mass is 356 g/mol. The van der Waals surface area contributed by atoms with E-state index in [1.54, 1.807) is 24.8 Å². The van der Waals surface area contributed by atoms with Crippen LogP contribution in [0.25, 0.3) is 21.1 Å². The maximum absolute atomic E-state index is 5.45. The van der Waals surface area contributed by atoms with Gasteiger partial charge >= 0.3 is 0 Å². The van der Waals surface area contributed by atoms with Crippen LogP contribution in [-0.2, 0) is 0 Å². The molecule has 120 valence electrons. The fourth-order valence-corrected chi connectivity index (χ4v) is 2.92. The van der Waals surface area contributed by atoms with Gasteiger partial charge in [0.15, 0.2) is 0 Å². The van der Waals surface area contributed by atoms with Crippen molar-refractivity contribution >= 4 is 32.9 Å². The average molecular weight is 356 g/mol. The Hall–Kier alpha value is -2.98. The van der Waals surface area contributed by atoms with E-state index < -0.39 is 0 Å². The second-order valence-corrected chi connectivity index (χ2v) is 6.38. The topological polar surface area (TPSA) is 129 Å². The van der Waals surface area contributed by atoms with Crippen LogP contribution in [0.5, 0.6) is 0 Å². The van der Waals surface area contributed by atoms with E-state index in [1.165, 1.54) is 22.7 Å². The summed E-state index contributed by atoms with van der Waals surface area (Å²) in [6.45, 7) is 0. The lowest BCUT2D eigenvalue weighted by Crippen LogP contribution is -1.80. The first-order valence-corrected chi connectivity index (χ1v) is 8.34. The van der Waals surface area contributed by atoms with E-state index in [0.717, 1.165) is 21.1 Å². The van der Waals surface area contributed by atoms with Crippen LogP contribution in [0.1, 0.15) is 0 Å². The Bertz CT molecular complexity index is 816. The largest absolute Gasteiger partial charge is 0.374 e. The molecule has 0 aliphatic carbocycles. The van der Waals surface area contributed by atoms with Crippen molar-refractivity contribution in [1.82, 2.24) is 30.4 Å². The summed E-state index contributed by atoms with van der Waals surface area (Å²) < 4.78 is 0. The number of pyridine rings is 2. The van der Waals surface area contributed by atoms with E-state index in [4.69, 9.17) is 11.5 Å². The highest BCUT2D eigenvalue weighted by Crippen LogP contribution is 2.23. The third kappa shape index (κ3) is 4.06. The van der Waals surface area contributed by atoms with E-state index in [9.17, 15) is 0 Å². The van der Waals surface area contributed by atoms with Crippen LogP contribution >= 0.6 is 22.7 Å². The predicted octanol–water partition coefficient (Wildman–Crippen LogP) is 2.36. The molecule has 8 nitrogen and oxygen atoms in total. The minimum atomic E-state index is 0.488. The highest BCUT2D eigenvalue weighted by atomic mass is 32.1. The van der Waals surface area contributed by atoms with E-state index in [2.05, 4.69) is 30.4 Å². The van der Waals surface area contributed by atoms with Crippen molar-refractivity contribution in [3.63, 3.8) is 0 Å². The molecule has 4 aromatic rings. The summed E-state index contributed by atoms with van der Waals surface area (Å²) in [5.74, 6) is 0. The molecule has 0 atom stereocenters. The zero-order valence-electron chi connectivity index (χ0n) is 12.3. The molecule has 0 amide bonds. The minimum absolute atomic E-state index is 0.488. The molecule has 0 fully saturated rings. The number of rotatable bonds is 2. The lowest BCUT2D eigenvalue weighted by Gasteiger charge is -1.90. The van der Waals surface area contributed by atoms with Crippen molar-refractivity contribution in [1.29, 1.82) is 0 Å². The van der Waals surface area contributed by atoms with Gasteiger partial charge in [-0.2, -0.15) is 0 Å². The van der Waals surface area contributed by atoms with Crippen LogP contribution in [0, 0.1) is 0 Å². The highest BCUT2D eigenvalue weighted by molar-refractivity contribution is 7.18. The summed E-state index contributed by atoms with van der Waals surface area (Å²) in [7, 11) is 0. The van der Waals surface area contributed by atoms with Gasteiger partial charge in [0, 0.05) is 35.9 Å². The molecule has 0 spiro atoms. The molecule has 0 aliphatic heterocycles. The van der Waals surface area contributed by atoms with Crippen LogP contribution in [0.4, 0.5) is 10.3 Å². The van der Waals surface area contributed by atoms with Gasteiger partial charge in [-0.1, -0.05) is 22.7 Å². The zero-order chi connectivity index (χ0) is 16.8. The quantitative estimate of drug-likeness (QED) is 0.560. The number of hydrogen-bond acceptors (Lipinski definition) is 10. The second-order valence-electron chi connectivity index (χ2n) is 4.36. The van der Waals surface area contributed by atoms with Gasteiger partial charge in [-0.3, -0.25) is 9.97 Å². The molecule has 0 saturated heterocycles. The van der Waals surface area contributed by atoms with Gasteiger partial charge < -0.3 is 11.5 Å². The Morgan fingerprint density at radius 2 is 0.958 bits per heavy atom. The second kappa shape index (κ2) is 7.53. The number of aromatic nitrogens is 6. The number of nitrogens with zero attached hydrogens (tertiary/aromatic N) is 6. The normalized spacial score (nSPS) is 10.0. The zero-order valence-corrected chi connectivity index (χ0v) is 13.9. The first kappa shape index (κ1) is 15.9. The first-order chi connectivity index (χ1) is 11.7. The fraction of sp³-hybridized carbons (Fsp3) is 0. The fourth-order valence-electron chi connectivity index (χ4n) is 1.69. The summed E-state index contributed by atoms with van der Waals surface area (Å²) in [5.41, 5.74) is 12.9. The molecule has 0 unspecified atom stereocenters. The molecule has 24 heavy (non-hydrogen) atoms. The van der Waals surface area contributed by atoms with Crippen molar-refractivity contribution in [2.24, 2.45) is 0 Å². The van der Waals surface area contributed by atoms with Crippen LogP contribution < -0.4 is 11.5 Å². The van der Waals surface area contributed by atoms with E-state index in [-0.39, 0.29) is 0 Å². The van der Waals surface area contributed by atoms with E-state index >= 15 is 0 Å². The van der Waals surface area contributed by atoms with Crippen molar-refractivity contribution < 1.29 is 0 Å². The Balaban J connectivity index is 0.000000141. The summed E-state index contributed by atoms with van der Waals surface area (Å²) in [5, 5.41) is 17.9. The van der Waals surface area contributed by atoms with Crippen molar-refractivity contribution in [2.75, 3.05) is 11.5 Å². The summed E-state index contributed by atoms with van der Waals surface area (Å²) in [6, 6.07) is 7.50. The van der Waals surface area contributed by atoms with Crippen molar-refractivity contribution in [2.45, 2.75) is 0 Å². The maximum Gasteiger partial charge on any atom is 0.203 e. The minimum Gasteiger partial charge on any atom is -0.374 e. The van der Waals surface area contributed by atoms with Gasteiger partial charge in [0.1, 0.15) is 10.0 Å². The molecule has 4 aromatic heterocycles. The molecule has 0 aromatic carbocycles.